The van der Waals surface area contributed by atoms with Crippen LogP contribution >= 0.6 is 0 Å². The van der Waals surface area contributed by atoms with Gasteiger partial charge in [0.2, 0.25) is 5.91 Å². The number of hydrogen-bond donors (Lipinski definition) is 2. The van der Waals surface area contributed by atoms with Crippen LogP contribution in [-0.4, -0.2) is 24.2 Å². The molecule has 168 valence electrons. The Bertz CT molecular complexity index is 1020. The third-order valence-electron chi connectivity index (χ3n) is 6.34. The highest BCUT2D eigenvalue weighted by Crippen LogP contribution is 2.30. The van der Waals surface area contributed by atoms with E-state index in [9.17, 15) is 4.79 Å². The number of carbonyl (C=O) groups excluding carboxylic acids is 1. The van der Waals surface area contributed by atoms with Crippen LogP contribution in [0.3, 0.4) is 0 Å². The molecule has 1 amide bonds. The van der Waals surface area contributed by atoms with Crippen molar-refractivity contribution in [1.29, 1.82) is 0 Å². The molecule has 32 heavy (non-hydrogen) atoms. The summed E-state index contributed by atoms with van der Waals surface area (Å²) >= 11 is 0. The maximum Gasteiger partial charge on any atom is 0.224 e. The number of aromatic nitrogens is 1. The lowest BCUT2D eigenvalue weighted by Gasteiger charge is -2.31. The lowest BCUT2D eigenvalue weighted by Crippen LogP contribution is -2.39. The molecule has 0 radical (unpaired) electrons. The second-order valence-corrected chi connectivity index (χ2v) is 9.85. The Hall–Kier alpha value is -2.92. The van der Waals surface area contributed by atoms with Crippen LogP contribution in [0, 0.1) is 11.8 Å². The molecule has 1 fully saturated rings. The number of hydrogen-bond acceptors (Lipinski definition) is 4. The first kappa shape index (κ1) is 22.3. The normalized spacial score (nSPS) is 19.0. The molecule has 0 aliphatic carbocycles. The van der Waals surface area contributed by atoms with Crippen molar-refractivity contribution >= 4 is 11.6 Å². The smallest absolute Gasteiger partial charge is 0.224 e. The Kier molecular flexibility index (Phi) is 6.75. The minimum Gasteiger partial charge on any atom is -0.356 e. The summed E-state index contributed by atoms with van der Waals surface area (Å²) in [6.45, 7) is 8.48. The van der Waals surface area contributed by atoms with Crippen LogP contribution in [0.5, 0.6) is 0 Å². The Balaban J connectivity index is 1.39. The van der Waals surface area contributed by atoms with Gasteiger partial charge in [-0.25, -0.2) is 0 Å². The van der Waals surface area contributed by atoms with E-state index in [2.05, 4.69) is 60.8 Å². The standard InChI is InChI=1S/C27H33N3O2/c1-27(2,3)22-11-9-19(10-12-22)25-17-24(30-32-25)15-21-18-28-14-13-20(21)16-26(31)29-23-7-5-4-6-8-23/h4-12,17,20-21,28H,13-16,18H2,1-3H3,(H,29,31)/t20-,21-/m0/s1. The fourth-order valence-corrected chi connectivity index (χ4v) is 4.40. The van der Waals surface area contributed by atoms with Crippen molar-refractivity contribution in [1.82, 2.24) is 10.5 Å². The van der Waals surface area contributed by atoms with Crippen molar-refractivity contribution in [2.24, 2.45) is 11.8 Å². The van der Waals surface area contributed by atoms with E-state index < -0.39 is 0 Å². The third kappa shape index (κ3) is 5.65. The number of anilines is 1. The summed E-state index contributed by atoms with van der Waals surface area (Å²) in [5.41, 5.74) is 4.26. The van der Waals surface area contributed by atoms with Gasteiger partial charge in [0.1, 0.15) is 0 Å². The first-order valence-electron chi connectivity index (χ1n) is 11.5. The first-order valence-corrected chi connectivity index (χ1v) is 11.5. The van der Waals surface area contributed by atoms with E-state index in [1.165, 1.54) is 5.56 Å². The van der Waals surface area contributed by atoms with E-state index >= 15 is 0 Å². The zero-order chi connectivity index (χ0) is 22.6. The van der Waals surface area contributed by atoms with Gasteiger partial charge in [-0.1, -0.05) is 68.4 Å². The van der Waals surface area contributed by atoms with Gasteiger partial charge in [-0.2, -0.15) is 0 Å². The number of benzene rings is 2. The second-order valence-electron chi connectivity index (χ2n) is 9.85. The van der Waals surface area contributed by atoms with Crippen LogP contribution in [0.1, 0.15) is 44.9 Å². The van der Waals surface area contributed by atoms with E-state index in [1.54, 1.807) is 0 Å². The molecule has 1 aliphatic heterocycles. The second kappa shape index (κ2) is 9.70. The van der Waals surface area contributed by atoms with Crippen LogP contribution in [0.2, 0.25) is 0 Å². The van der Waals surface area contributed by atoms with E-state index in [1.807, 2.05) is 36.4 Å². The molecule has 0 saturated carbocycles. The fraction of sp³-hybridized carbons (Fsp3) is 0.407. The monoisotopic (exact) mass is 431 g/mol. The van der Waals surface area contributed by atoms with E-state index in [0.29, 0.717) is 18.3 Å². The average Bonchev–Trinajstić information content (AvgIpc) is 3.24. The van der Waals surface area contributed by atoms with Gasteiger partial charge >= 0.3 is 0 Å². The van der Waals surface area contributed by atoms with Gasteiger partial charge in [-0.15, -0.1) is 0 Å². The highest BCUT2D eigenvalue weighted by atomic mass is 16.5. The summed E-state index contributed by atoms with van der Waals surface area (Å²) in [6.07, 6.45) is 2.33. The number of para-hydroxylation sites is 1. The number of nitrogens with one attached hydrogen (secondary N) is 2. The van der Waals surface area contributed by atoms with Gasteiger partial charge in [0.05, 0.1) is 5.69 Å². The summed E-state index contributed by atoms with van der Waals surface area (Å²) in [5, 5.41) is 10.8. The van der Waals surface area contributed by atoms with Crippen LogP contribution in [0.15, 0.2) is 65.2 Å². The number of amides is 1. The molecule has 1 aliphatic rings. The number of carbonyl (C=O) groups is 1. The summed E-state index contributed by atoms with van der Waals surface area (Å²) in [4.78, 5) is 12.6. The Labute approximate surface area is 190 Å². The molecular weight excluding hydrogens is 398 g/mol. The predicted octanol–water partition coefficient (Wildman–Crippen LogP) is 5.44. The maximum absolute atomic E-state index is 12.6. The van der Waals surface area contributed by atoms with Crippen molar-refractivity contribution in [2.75, 3.05) is 18.4 Å². The molecule has 2 atom stereocenters. The Morgan fingerprint density at radius 2 is 1.84 bits per heavy atom. The van der Waals surface area contributed by atoms with Gasteiger partial charge in [0, 0.05) is 23.7 Å². The highest BCUT2D eigenvalue weighted by molar-refractivity contribution is 5.90. The van der Waals surface area contributed by atoms with E-state index in [0.717, 1.165) is 48.6 Å². The van der Waals surface area contributed by atoms with Crippen LogP contribution < -0.4 is 10.6 Å². The van der Waals surface area contributed by atoms with Gasteiger partial charge in [0.25, 0.3) is 0 Å². The van der Waals surface area contributed by atoms with Crippen LogP contribution in [-0.2, 0) is 16.6 Å². The molecule has 0 spiro atoms. The SMILES string of the molecule is CC(C)(C)c1ccc(-c2cc(C[C@H]3CNCC[C@H]3CC(=O)Nc3ccccc3)no2)cc1. The molecule has 5 heteroatoms. The van der Waals surface area contributed by atoms with Crippen LogP contribution in [0.4, 0.5) is 5.69 Å². The highest BCUT2D eigenvalue weighted by Gasteiger charge is 2.28. The molecule has 1 aromatic heterocycles. The Morgan fingerprint density at radius 1 is 1.09 bits per heavy atom. The van der Waals surface area contributed by atoms with Crippen molar-refractivity contribution in [3.8, 4) is 11.3 Å². The largest absolute Gasteiger partial charge is 0.356 e. The zero-order valence-electron chi connectivity index (χ0n) is 19.2. The molecule has 3 aromatic rings. The molecule has 0 unspecified atom stereocenters. The average molecular weight is 432 g/mol. The van der Waals surface area contributed by atoms with Crippen molar-refractivity contribution in [3.63, 3.8) is 0 Å². The van der Waals surface area contributed by atoms with E-state index in [4.69, 9.17) is 4.52 Å². The summed E-state index contributed by atoms with van der Waals surface area (Å²) in [5.74, 6) is 1.55. The van der Waals surface area contributed by atoms with E-state index in [-0.39, 0.29) is 11.3 Å². The topological polar surface area (TPSA) is 67.2 Å². The quantitative estimate of drug-likeness (QED) is 0.546. The zero-order valence-corrected chi connectivity index (χ0v) is 19.2. The third-order valence-corrected chi connectivity index (χ3v) is 6.34. The summed E-state index contributed by atoms with van der Waals surface area (Å²) in [7, 11) is 0. The first-order chi connectivity index (χ1) is 15.4. The Morgan fingerprint density at radius 3 is 2.56 bits per heavy atom. The van der Waals surface area contributed by atoms with Crippen molar-refractivity contribution in [3.05, 3.63) is 71.9 Å². The molecule has 2 aromatic carbocycles. The minimum absolute atomic E-state index is 0.0767. The van der Waals surface area contributed by atoms with Crippen molar-refractivity contribution < 1.29 is 9.32 Å². The lowest BCUT2D eigenvalue weighted by atomic mass is 9.81. The lowest BCUT2D eigenvalue weighted by molar-refractivity contribution is -0.117. The number of rotatable bonds is 6. The summed E-state index contributed by atoms with van der Waals surface area (Å²) in [6, 6.07) is 20.2. The molecule has 4 rings (SSSR count). The number of piperidine rings is 1. The predicted molar refractivity (Wildman–Crippen MR) is 128 cm³/mol. The molecule has 5 nitrogen and oxygen atoms in total. The molecule has 2 heterocycles. The fourth-order valence-electron chi connectivity index (χ4n) is 4.40. The molecular formula is C27H33N3O2. The van der Waals surface area contributed by atoms with Gasteiger partial charge in [0.15, 0.2) is 5.76 Å². The molecule has 1 saturated heterocycles. The summed E-state index contributed by atoms with van der Waals surface area (Å²) < 4.78 is 5.66. The number of nitrogens with zero attached hydrogens (tertiary/aromatic N) is 1. The molecule has 2 N–H and O–H groups in total. The minimum atomic E-state index is 0.0767. The van der Waals surface area contributed by atoms with Crippen molar-refractivity contribution in [2.45, 2.75) is 45.4 Å². The maximum atomic E-state index is 12.6. The van der Waals surface area contributed by atoms with Gasteiger partial charge < -0.3 is 15.2 Å². The molecule has 0 bridgehead atoms. The van der Waals surface area contributed by atoms with Gasteiger partial charge in [-0.3, -0.25) is 4.79 Å². The van der Waals surface area contributed by atoms with Crippen LogP contribution in [0.25, 0.3) is 11.3 Å². The van der Waals surface area contributed by atoms with Gasteiger partial charge in [-0.05, 0) is 60.9 Å².